The van der Waals surface area contributed by atoms with Gasteiger partial charge < -0.3 is 20.7 Å². The maximum Gasteiger partial charge on any atom is 0.337 e. The maximum absolute atomic E-state index is 14.3. The van der Waals surface area contributed by atoms with Gasteiger partial charge in [-0.3, -0.25) is 9.78 Å². The van der Waals surface area contributed by atoms with Crippen molar-refractivity contribution in [3.8, 4) is 0 Å². The number of ether oxygens (including phenoxy) is 1. The number of halogens is 1. The first-order valence-electron chi connectivity index (χ1n) is 10.1. The van der Waals surface area contributed by atoms with Crippen molar-refractivity contribution in [2.45, 2.75) is 0 Å². The Bertz CT molecular complexity index is 1300. The number of methoxy groups -OCH3 is 1. The van der Waals surface area contributed by atoms with Gasteiger partial charge in [0.05, 0.1) is 18.9 Å². The minimum Gasteiger partial charge on any atom is -0.465 e. The lowest BCUT2D eigenvalue weighted by Gasteiger charge is -2.11. The van der Waals surface area contributed by atoms with Gasteiger partial charge in [0.15, 0.2) is 11.6 Å². The maximum atomic E-state index is 14.3. The second kappa shape index (κ2) is 10.2. The summed E-state index contributed by atoms with van der Waals surface area (Å²) in [6.45, 7) is 0. The predicted molar refractivity (Wildman–Crippen MR) is 125 cm³/mol. The van der Waals surface area contributed by atoms with Crippen LogP contribution in [0.5, 0.6) is 0 Å². The second-order valence-electron chi connectivity index (χ2n) is 6.96. The Morgan fingerprint density at radius 1 is 0.853 bits per heavy atom. The molecule has 4 aromatic rings. The number of carbonyl (C=O) groups excluding carboxylic acids is 2. The van der Waals surface area contributed by atoms with Crippen LogP contribution in [0.3, 0.4) is 0 Å². The van der Waals surface area contributed by atoms with Gasteiger partial charge in [-0.2, -0.15) is 4.98 Å². The molecule has 34 heavy (non-hydrogen) atoms. The molecular formula is C24H19FN6O3. The summed E-state index contributed by atoms with van der Waals surface area (Å²) >= 11 is 0. The molecule has 0 radical (unpaired) electrons. The summed E-state index contributed by atoms with van der Waals surface area (Å²) < 4.78 is 19.0. The number of benzene rings is 2. The van der Waals surface area contributed by atoms with Crippen molar-refractivity contribution in [1.29, 1.82) is 0 Å². The number of hydrogen-bond donors (Lipinski definition) is 3. The highest BCUT2D eigenvalue weighted by atomic mass is 19.1. The highest BCUT2D eigenvalue weighted by Gasteiger charge is 2.10. The molecule has 170 valence electrons. The van der Waals surface area contributed by atoms with E-state index in [9.17, 15) is 14.0 Å². The quantitative estimate of drug-likeness (QED) is 0.346. The molecule has 2 aromatic heterocycles. The normalized spacial score (nSPS) is 10.3. The van der Waals surface area contributed by atoms with Crippen LogP contribution in [0.4, 0.5) is 33.2 Å². The lowest BCUT2D eigenvalue weighted by atomic mass is 10.2. The van der Waals surface area contributed by atoms with Crippen molar-refractivity contribution in [1.82, 2.24) is 15.0 Å². The Hall–Kier alpha value is -4.86. The van der Waals surface area contributed by atoms with E-state index in [0.29, 0.717) is 28.3 Å². The molecule has 4 rings (SSSR count). The summed E-state index contributed by atoms with van der Waals surface area (Å²) in [4.78, 5) is 35.9. The number of nitrogens with one attached hydrogen (secondary N) is 3. The van der Waals surface area contributed by atoms with Crippen LogP contribution in [0.15, 0.2) is 79.1 Å². The second-order valence-corrected chi connectivity index (χ2v) is 6.96. The van der Waals surface area contributed by atoms with Crippen LogP contribution < -0.4 is 16.0 Å². The first-order valence-corrected chi connectivity index (χ1v) is 10.1. The molecule has 0 unspecified atom stereocenters. The fraction of sp³-hybridized carbons (Fsp3) is 0.0417. The monoisotopic (exact) mass is 458 g/mol. The van der Waals surface area contributed by atoms with Gasteiger partial charge in [-0.05, 0) is 60.7 Å². The molecule has 0 spiro atoms. The zero-order valence-corrected chi connectivity index (χ0v) is 17.9. The summed E-state index contributed by atoms with van der Waals surface area (Å²) in [6.07, 6.45) is 2.58. The van der Waals surface area contributed by atoms with Gasteiger partial charge in [-0.1, -0.05) is 6.07 Å². The zero-order chi connectivity index (χ0) is 23.9. The third-order valence-corrected chi connectivity index (χ3v) is 4.61. The van der Waals surface area contributed by atoms with Crippen molar-refractivity contribution < 1.29 is 18.7 Å². The Morgan fingerprint density at radius 2 is 1.53 bits per heavy atom. The third kappa shape index (κ3) is 5.49. The minimum absolute atomic E-state index is 0.0334. The van der Waals surface area contributed by atoms with Crippen LogP contribution >= 0.6 is 0 Å². The summed E-state index contributed by atoms with van der Waals surface area (Å²) in [5.74, 6) is -1.29. The van der Waals surface area contributed by atoms with Crippen LogP contribution in [-0.4, -0.2) is 33.9 Å². The van der Waals surface area contributed by atoms with E-state index >= 15 is 0 Å². The van der Waals surface area contributed by atoms with Crippen molar-refractivity contribution >= 4 is 40.7 Å². The average molecular weight is 458 g/mol. The van der Waals surface area contributed by atoms with Crippen molar-refractivity contribution in [3.63, 3.8) is 0 Å². The molecular weight excluding hydrogens is 439 g/mol. The van der Waals surface area contributed by atoms with E-state index < -0.39 is 11.8 Å². The fourth-order valence-corrected chi connectivity index (χ4v) is 2.92. The van der Waals surface area contributed by atoms with Gasteiger partial charge in [0.2, 0.25) is 5.95 Å². The summed E-state index contributed by atoms with van der Waals surface area (Å²) in [6, 6.07) is 18.3. The lowest BCUT2D eigenvalue weighted by molar-refractivity contribution is 0.0600. The average Bonchev–Trinajstić information content (AvgIpc) is 2.87. The van der Waals surface area contributed by atoms with E-state index in [-0.39, 0.29) is 17.7 Å². The number of nitrogens with zero attached hydrogens (tertiary/aromatic N) is 3. The molecule has 1 amide bonds. The number of esters is 1. The van der Waals surface area contributed by atoms with Crippen LogP contribution in [0.2, 0.25) is 0 Å². The van der Waals surface area contributed by atoms with Gasteiger partial charge in [0.25, 0.3) is 5.91 Å². The molecule has 2 aromatic carbocycles. The summed E-state index contributed by atoms with van der Waals surface area (Å²) in [7, 11) is 1.31. The summed E-state index contributed by atoms with van der Waals surface area (Å²) in [5, 5.41) is 8.59. The van der Waals surface area contributed by atoms with Crippen molar-refractivity contribution in [3.05, 3.63) is 96.2 Å². The van der Waals surface area contributed by atoms with Gasteiger partial charge in [0.1, 0.15) is 5.69 Å². The number of rotatable bonds is 7. The van der Waals surface area contributed by atoms with Gasteiger partial charge in [-0.25, -0.2) is 14.2 Å². The molecule has 0 atom stereocenters. The number of amides is 1. The topological polar surface area (TPSA) is 118 Å². The number of pyridine rings is 1. The van der Waals surface area contributed by atoms with Crippen LogP contribution in [0.1, 0.15) is 20.8 Å². The lowest BCUT2D eigenvalue weighted by Crippen LogP contribution is -2.13. The predicted octanol–water partition coefficient (Wildman–Crippen LogP) is 4.54. The molecule has 9 nitrogen and oxygen atoms in total. The van der Waals surface area contributed by atoms with E-state index in [1.807, 2.05) is 0 Å². The van der Waals surface area contributed by atoms with Crippen molar-refractivity contribution in [2.24, 2.45) is 0 Å². The van der Waals surface area contributed by atoms with Gasteiger partial charge >= 0.3 is 5.97 Å². The first-order chi connectivity index (χ1) is 16.5. The smallest absolute Gasteiger partial charge is 0.337 e. The van der Waals surface area contributed by atoms with E-state index in [0.717, 1.165) is 6.20 Å². The molecule has 2 heterocycles. The van der Waals surface area contributed by atoms with E-state index in [1.165, 1.54) is 7.11 Å². The van der Waals surface area contributed by atoms with Crippen LogP contribution in [-0.2, 0) is 4.74 Å². The molecule has 0 saturated carbocycles. The first kappa shape index (κ1) is 22.3. The molecule has 0 aliphatic rings. The highest BCUT2D eigenvalue weighted by Crippen LogP contribution is 2.22. The molecule has 10 heteroatoms. The Morgan fingerprint density at radius 3 is 2.21 bits per heavy atom. The van der Waals surface area contributed by atoms with Crippen molar-refractivity contribution in [2.75, 3.05) is 23.1 Å². The standard InChI is InChI=1S/C24H19FN6O3/c1-34-23(33)15-5-7-18(8-6-15)30-24-27-14-19(25)21(31-24)28-16-9-11-17(12-10-16)29-22(32)20-4-2-3-13-26-20/h2-14H,1H3,(H,29,32)(H2,27,28,30,31). The van der Waals surface area contributed by atoms with Gasteiger partial charge in [0, 0.05) is 23.3 Å². The molecule has 0 saturated heterocycles. The SMILES string of the molecule is COC(=O)c1ccc(Nc2ncc(F)c(Nc3ccc(NC(=O)c4ccccn4)cc3)n2)cc1. The largest absolute Gasteiger partial charge is 0.465 e. The van der Waals surface area contributed by atoms with E-state index in [2.05, 4.69) is 35.6 Å². The number of hydrogen-bond acceptors (Lipinski definition) is 8. The highest BCUT2D eigenvalue weighted by molar-refractivity contribution is 6.02. The molecule has 3 N–H and O–H groups in total. The fourth-order valence-electron chi connectivity index (χ4n) is 2.92. The molecule has 0 aliphatic heterocycles. The molecule has 0 aliphatic carbocycles. The zero-order valence-electron chi connectivity index (χ0n) is 17.9. The Labute approximate surface area is 194 Å². The van der Waals surface area contributed by atoms with Gasteiger partial charge in [-0.15, -0.1) is 0 Å². The Kier molecular flexibility index (Phi) is 6.68. The molecule has 0 fully saturated rings. The van der Waals surface area contributed by atoms with E-state index in [4.69, 9.17) is 0 Å². The third-order valence-electron chi connectivity index (χ3n) is 4.61. The minimum atomic E-state index is -0.640. The molecule has 0 bridgehead atoms. The van der Waals surface area contributed by atoms with E-state index in [1.54, 1.807) is 72.9 Å². The number of anilines is 5. The summed E-state index contributed by atoms with van der Waals surface area (Å²) in [5.41, 5.74) is 2.42. The number of carbonyl (C=O) groups is 2. The Balaban J connectivity index is 1.42. The van der Waals surface area contributed by atoms with Crippen LogP contribution in [0, 0.1) is 5.82 Å². The van der Waals surface area contributed by atoms with Crippen LogP contribution in [0.25, 0.3) is 0 Å². The number of aromatic nitrogens is 3.